The number of halogens is 3. The molecule has 9 nitrogen and oxygen atoms in total. The third-order valence-corrected chi connectivity index (χ3v) is 5.31. The third-order valence-electron chi connectivity index (χ3n) is 4.54. The number of hydrogen-bond donors (Lipinski definition) is 2. The Labute approximate surface area is 198 Å². The van der Waals surface area contributed by atoms with Gasteiger partial charge in [0.2, 0.25) is 0 Å². The molecule has 2 heterocycles. The molecule has 2 aromatic heterocycles. The molecule has 0 saturated carbocycles. The van der Waals surface area contributed by atoms with Crippen molar-refractivity contribution in [3.8, 4) is 5.75 Å². The molecule has 3 rings (SSSR count). The highest BCUT2D eigenvalue weighted by molar-refractivity contribution is 6.36. The van der Waals surface area contributed by atoms with Crippen LogP contribution in [0.5, 0.6) is 5.75 Å². The van der Waals surface area contributed by atoms with Crippen LogP contribution in [0.2, 0.25) is 10.0 Å². The van der Waals surface area contributed by atoms with Crippen molar-refractivity contribution in [2.24, 2.45) is 0 Å². The minimum Gasteiger partial charge on any atom is -0.489 e. The average Bonchev–Trinajstić information content (AvgIpc) is 2.80. The van der Waals surface area contributed by atoms with Crippen LogP contribution >= 0.6 is 23.2 Å². The van der Waals surface area contributed by atoms with Crippen LogP contribution in [-0.4, -0.2) is 41.0 Å². The lowest BCUT2D eigenvalue weighted by atomic mass is 10.1. The zero-order valence-corrected chi connectivity index (χ0v) is 19.0. The molecule has 0 unspecified atom stereocenters. The molecule has 0 radical (unpaired) electrons. The second kappa shape index (κ2) is 11.1. The molecule has 0 aliphatic rings. The number of nitrogen functional groups attached to an aromatic ring is 1. The molecule has 0 bridgehead atoms. The highest BCUT2D eigenvalue weighted by Crippen LogP contribution is 2.28. The minimum absolute atomic E-state index is 0.0314. The van der Waals surface area contributed by atoms with E-state index in [4.69, 9.17) is 38.4 Å². The lowest BCUT2D eigenvalue weighted by molar-refractivity contribution is 0.102. The van der Waals surface area contributed by atoms with E-state index in [0.29, 0.717) is 29.4 Å². The Balaban J connectivity index is 1.69. The highest BCUT2D eigenvalue weighted by atomic mass is 35.5. The number of carbonyl (C=O) groups excluding carboxylic acids is 1. The zero-order valence-electron chi connectivity index (χ0n) is 17.5. The second-order valence-electron chi connectivity index (χ2n) is 6.80. The van der Waals surface area contributed by atoms with Gasteiger partial charge in [-0.1, -0.05) is 23.2 Å². The Morgan fingerprint density at radius 3 is 2.76 bits per heavy atom. The van der Waals surface area contributed by atoms with Crippen LogP contribution in [-0.2, 0) is 17.7 Å². The first-order valence-electron chi connectivity index (χ1n) is 9.69. The Morgan fingerprint density at radius 1 is 1.21 bits per heavy atom. The van der Waals surface area contributed by atoms with Gasteiger partial charge in [-0.15, -0.1) is 10.2 Å². The number of nitrogens with two attached hydrogens (primary N) is 1. The number of hydrogen-bond acceptors (Lipinski definition) is 7. The summed E-state index contributed by atoms with van der Waals surface area (Å²) in [5.74, 6) is -1.09. The summed E-state index contributed by atoms with van der Waals surface area (Å²) >= 11 is 12.0. The van der Waals surface area contributed by atoms with Gasteiger partial charge in [0.15, 0.2) is 17.3 Å². The molecule has 3 N–H and O–H groups in total. The standard InChI is InChI=1S/C21H20Cl2FN5O4/c1-32-9-7-29-11-12(2-5-18(29)30)26-21(31)16-10-17(20(25)28-27-16)33-8-6-13-14(22)3-4-15(24)19(13)23/h2-5,10-11H,6-9H2,1H3,(H2,25,28)(H,26,31). The highest BCUT2D eigenvalue weighted by Gasteiger charge is 2.15. The summed E-state index contributed by atoms with van der Waals surface area (Å²) in [6.45, 7) is 0.718. The molecule has 0 aliphatic carbocycles. The number of benzene rings is 1. The SMILES string of the molecule is COCCn1cc(NC(=O)c2cc(OCCc3c(Cl)ccc(F)c3Cl)c(N)nn2)ccc1=O. The second-order valence-corrected chi connectivity index (χ2v) is 7.58. The monoisotopic (exact) mass is 495 g/mol. The van der Waals surface area contributed by atoms with Gasteiger partial charge >= 0.3 is 0 Å². The molecule has 0 spiro atoms. The summed E-state index contributed by atoms with van der Waals surface area (Å²) in [4.78, 5) is 24.5. The predicted octanol–water partition coefficient (Wildman–Crippen LogP) is 3.19. The van der Waals surface area contributed by atoms with Crippen molar-refractivity contribution in [3.05, 3.63) is 74.0 Å². The lowest BCUT2D eigenvalue weighted by Crippen LogP contribution is -2.22. The summed E-state index contributed by atoms with van der Waals surface area (Å²) in [7, 11) is 1.53. The normalized spacial score (nSPS) is 10.8. The Hall–Kier alpha value is -3.21. The van der Waals surface area contributed by atoms with Crippen molar-refractivity contribution < 1.29 is 18.7 Å². The summed E-state index contributed by atoms with van der Waals surface area (Å²) in [6, 6.07) is 6.71. The van der Waals surface area contributed by atoms with Gasteiger partial charge in [0.05, 0.1) is 23.9 Å². The van der Waals surface area contributed by atoms with Crippen LogP contribution in [0.4, 0.5) is 15.9 Å². The lowest BCUT2D eigenvalue weighted by Gasteiger charge is -2.12. The predicted molar refractivity (Wildman–Crippen MR) is 123 cm³/mol. The molecule has 3 aromatic rings. The molecular weight excluding hydrogens is 476 g/mol. The largest absolute Gasteiger partial charge is 0.489 e. The van der Waals surface area contributed by atoms with Crippen LogP contribution in [0.25, 0.3) is 0 Å². The maximum atomic E-state index is 13.7. The molecular formula is C21H20Cl2FN5O4. The number of ether oxygens (including phenoxy) is 2. The summed E-state index contributed by atoms with van der Waals surface area (Å²) < 4.78 is 25.6. The molecule has 12 heteroatoms. The molecule has 174 valence electrons. The third kappa shape index (κ3) is 6.19. The molecule has 1 aromatic carbocycles. The number of nitrogens with one attached hydrogen (secondary N) is 1. The first kappa shape index (κ1) is 24.4. The number of methoxy groups -OCH3 is 1. The van der Waals surface area contributed by atoms with E-state index in [1.54, 1.807) is 0 Å². The van der Waals surface area contributed by atoms with Gasteiger partial charge in [0.25, 0.3) is 11.5 Å². The fraction of sp³-hybridized carbons (Fsp3) is 0.238. The van der Waals surface area contributed by atoms with E-state index in [1.165, 1.54) is 48.2 Å². The molecule has 33 heavy (non-hydrogen) atoms. The molecule has 0 fully saturated rings. The number of amides is 1. The van der Waals surface area contributed by atoms with Gasteiger partial charge in [-0.25, -0.2) is 4.39 Å². The quantitative estimate of drug-likeness (QED) is 0.437. The first-order chi connectivity index (χ1) is 15.8. The zero-order chi connectivity index (χ0) is 24.0. The van der Waals surface area contributed by atoms with E-state index < -0.39 is 11.7 Å². The number of carbonyl (C=O) groups is 1. The van der Waals surface area contributed by atoms with Gasteiger partial charge < -0.3 is 25.1 Å². The van der Waals surface area contributed by atoms with Gasteiger partial charge in [-0.05, 0) is 23.8 Å². The summed E-state index contributed by atoms with van der Waals surface area (Å²) in [5, 5.41) is 10.4. The van der Waals surface area contributed by atoms with E-state index in [0.717, 1.165) is 0 Å². The van der Waals surface area contributed by atoms with Crippen molar-refractivity contribution in [2.45, 2.75) is 13.0 Å². The topological polar surface area (TPSA) is 121 Å². The Bertz CT molecular complexity index is 1220. The van der Waals surface area contributed by atoms with Gasteiger partial charge in [0.1, 0.15) is 5.82 Å². The van der Waals surface area contributed by atoms with Crippen molar-refractivity contribution in [1.82, 2.24) is 14.8 Å². The van der Waals surface area contributed by atoms with Crippen LogP contribution in [0.15, 0.2) is 41.3 Å². The van der Waals surface area contributed by atoms with E-state index in [2.05, 4.69) is 15.5 Å². The fourth-order valence-electron chi connectivity index (χ4n) is 2.84. The molecule has 1 amide bonds. The van der Waals surface area contributed by atoms with E-state index >= 15 is 0 Å². The van der Waals surface area contributed by atoms with E-state index in [9.17, 15) is 14.0 Å². The van der Waals surface area contributed by atoms with E-state index in [-0.39, 0.29) is 40.9 Å². The van der Waals surface area contributed by atoms with Crippen LogP contribution in [0.3, 0.4) is 0 Å². The smallest absolute Gasteiger partial charge is 0.276 e. The summed E-state index contributed by atoms with van der Waals surface area (Å²) in [6.07, 6.45) is 1.69. The maximum Gasteiger partial charge on any atom is 0.276 e. The van der Waals surface area contributed by atoms with Crippen molar-refractivity contribution >= 4 is 40.6 Å². The maximum absolute atomic E-state index is 13.7. The van der Waals surface area contributed by atoms with Crippen molar-refractivity contribution in [3.63, 3.8) is 0 Å². The van der Waals surface area contributed by atoms with Gasteiger partial charge in [-0.2, -0.15) is 0 Å². The number of aromatic nitrogens is 3. The number of rotatable bonds is 9. The number of anilines is 2. The fourth-order valence-corrected chi connectivity index (χ4v) is 3.40. The van der Waals surface area contributed by atoms with E-state index in [1.807, 2.05) is 0 Å². The molecule has 0 aliphatic heterocycles. The Morgan fingerprint density at radius 2 is 2.00 bits per heavy atom. The van der Waals surface area contributed by atoms with Gasteiger partial charge in [-0.3, -0.25) is 9.59 Å². The Kier molecular flexibility index (Phi) is 8.21. The molecule has 0 saturated heterocycles. The number of pyridine rings is 1. The average molecular weight is 496 g/mol. The van der Waals surface area contributed by atoms with Gasteiger partial charge in [0, 0.05) is 43.4 Å². The first-order valence-corrected chi connectivity index (χ1v) is 10.4. The van der Waals surface area contributed by atoms with Crippen molar-refractivity contribution in [2.75, 3.05) is 31.4 Å². The summed E-state index contributed by atoms with van der Waals surface area (Å²) in [5.41, 5.74) is 6.28. The minimum atomic E-state index is -0.589. The number of nitrogens with zero attached hydrogens (tertiary/aromatic N) is 3. The van der Waals surface area contributed by atoms with Crippen LogP contribution in [0.1, 0.15) is 16.1 Å². The van der Waals surface area contributed by atoms with Crippen LogP contribution < -0.4 is 21.3 Å². The van der Waals surface area contributed by atoms with Crippen molar-refractivity contribution in [1.29, 1.82) is 0 Å². The molecule has 0 atom stereocenters. The van der Waals surface area contributed by atoms with Crippen LogP contribution in [0, 0.1) is 5.82 Å².